The summed E-state index contributed by atoms with van der Waals surface area (Å²) in [6.45, 7) is 4.39. The van der Waals surface area contributed by atoms with Gasteiger partial charge in [0.05, 0.1) is 11.4 Å². The van der Waals surface area contributed by atoms with Gasteiger partial charge in [0.15, 0.2) is 0 Å². The molecule has 2 fully saturated rings. The molecule has 0 spiro atoms. The number of nitrogens with one attached hydrogen (secondary N) is 1. The maximum Gasteiger partial charge on any atom is 0.0835 e. The van der Waals surface area contributed by atoms with Crippen molar-refractivity contribution in [3.05, 3.63) is 24.3 Å². The fraction of sp³-hybridized carbons (Fsp3) is 0.600. The van der Waals surface area contributed by atoms with E-state index >= 15 is 0 Å². The van der Waals surface area contributed by atoms with Gasteiger partial charge in [-0.3, -0.25) is 15.6 Å². The predicted molar refractivity (Wildman–Crippen MR) is 77.9 cm³/mol. The lowest BCUT2D eigenvalue weighted by Crippen LogP contribution is -2.49. The van der Waals surface area contributed by atoms with Crippen LogP contribution < -0.4 is 10.4 Å². The lowest BCUT2D eigenvalue weighted by molar-refractivity contribution is 0.187. The largest absolute Gasteiger partial charge is 0.367 e. The van der Waals surface area contributed by atoms with Crippen LogP contribution in [0.5, 0.6) is 0 Å². The van der Waals surface area contributed by atoms with Gasteiger partial charge < -0.3 is 4.90 Å². The Morgan fingerprint density at radius 3 is 2.37 bits per heavy atom. The number of rotatable bonds is 3. The van der Waals surface area contributed by atoms with Crippen molar-refractivity contribution in [2.75, 3.05) is 36.6 Å². The Hall–Kier alpha value is -1.26. The van der Waals surface area contributed by atoms with Crippen molar-refractivity contribution < 1.29 is 5.21 Å². The van der Waals surface area contributed by atoms with Gasteiger partial charge in [0.2, 0.25) is 0 Å². The zero-order valence-electron chi connectivity index (χ0n) is 11.4. The molecule has 1 saturated heterocycles. The molecular formula is C15H23N3O. The van der Waals surface area contributed by atoms with Gasteiger partial charge in [-0.25, -0.2) is 0 Å². The molecule has 0 amide bonds. The second-order valence-corrected chi connectivity index (χ2v) is 5.59. The molecule has 1 aromatic carbocycles. The summed E-state index contributed by atoms with van der Waals surface area (Å²) in [4.78, 5) is 5.02. The third-order valence-corrected chi connectivity index (χ3v) is 4.52. The van der Waals surface area contributed by atoms with Crippen LogP contribution in [0, 0.1) is 0 Å². The van der Waals surface area contributed by atoms with E-state index in [9.17, 15) is 5.21 Å². The average molecular weight is 261 g/mol. The van der Waals surface area contributed by atoms with Gasteiger partial charge in [-0.1, -0.05) is 25.0 Å². The highest BCUT2D eigenvalue weighted by Crippen LogP contribution is 2.28. The fourth-order valence-corrected chi connectivity index (χ4v) is 3.44. The van der Waals surface area contributed by atoms with E-state index in [2.05, 4.69) is 21.3 Å². The zero-order chi connectivity index (χ0) is 13.1. The second-order valence-electron chi connectivity index (χ2n) is 5.59. The highest BCUT2D eigenvalue weighted by Gasteiger charge is 2.26. The molecule has 1 aliphatic heterocycles. The van der Waals surface area contributed by atoms with E-state index in [0.717, 1.165) is 43.6 Å². The fourth-order valence-electron chi connectivity index (χ4n) is 3.44. The summed E-state index contributed by atoms with van der Waals surface area (Å²) < 4.78 is 0. The molecule has 4 heteroatoms. The summed E-state index contributed by atoms with van der Waals surface area (Å²) in [7, 11) is 0. The van der Waals surface area contributed by atoms with Crippen LogP contribution in [0.3, 0.4) is 0 Å². The van der Waals surface area contributed by atoms with E-state index < -0.39 is 0 Å². The molecule has 0 atom stereocenters. The molecule has 1 aromatic rings. The third kappa shape index (κ3) is 2.69. The molecule has 2 N–H and O–H groups in total. The van der Waals surface area contributed by atoms with Crippen molar-refractivity contribution >= 4 is 11.4 Å². The molecule has 0 bridgehead atoms. The van der Waals surface area contributed by atoms with E-state index in [4.69, 9.17) is 0 Å². The minimum Gasteiger partial charge on any atom is -0.367 e. The number of hydrogen-bond donors (Lipinski definition) is 2. The number of piperazine rings is 1. The maximum absolute atomic E-state index is 9.19. The quantitative estimate of drug-likeness (QED) is 0.820. The SMILES string of the molecule is ONc1ccccc1N1CCN(C2CCCC2)CC1. The number of nitrogens with zero attached hydrogens (tertiary/aromatic N) is 2. The first-order valence-corrected chi connectivity index (χ1v) is 7.36. The van der Waals surface area contributed by atoms with Crippen molar-refractivity contribution in [2.45, 2.75) is 31.7 Å². The molecule has 0 aromatic heterocycles. The molecule has 1 saturated carbocycles. The monoisotopic (exact) mass is 261 g/mol. The molecular weight excluding hydrogens is 238 g/mol. The van der Waals surface area contributed by atoms with Gasteiger partial charge in [0, 0.05) is 32.2 Å². The Balaban J connectivity index is 1.63. The number of para-hydroxylation sites is 2. The topological polar surface area (TPSA) is 38.7 Å². The summed E-state index contributed by atoms with van der Waals surface area (Å²) >= 11 is 0. The average Bonchev–Trinajstić information content (AvgIpc) is 3.02. The van der Waals surface area contributed by atoms with Crippen molar-refractivity contribution in [3.8, 4) is 0 Å². The third-order valence-electron chi connectivity index (χ3n) is 4.52. The van der Waals surface area contributed by atoms with Gasteiger partial charge in [0.25, 0.3) is 0 Å². The van der Waals surface area contributed by atoms with Crippen LogP contribution >= 0.6 is 0 Å². The Kier molecular flexibility index (Phi) is 3.89. The lowest BCUT2D eigenvalue weighted by Gasteiger charge is -2.39. The summed E-state index contributed by atoms with van der Waals surface area (Å²) in [5.74, 6) is 0. The minimum atomic E-state index is 0.803. The Morgan fingerprint density at radius 2 is 1.68 bits per heavy atom. The minimum absolute atomic E-state index is 0.803. The molecule has 3 rings (SSSR count). The molecule has 104 valence electrons. The van der Waals surface area contributed by atoms with Crippen LogP contribution in [0.15, 0.2) is 24.3 Å². The first-order chi connectivity index (χ1) is 9.38. The van der Waals surface area contributed by atoms with Gasteiger partial charge in [-0.15, -0.1) is 0 Å². The van der Waals surface area contributed by atoms with Gasteiger partial charge in [-0.05, 0) is 25.0 Å². The van der Waals surface area contributed by atoms with Gasteiger partial charge in [0.1, 0.15) is 0 Å². The smallest absolute Gasteiger partial charge is 0.0835 e. The first kappa shape index (κ1) is 12.8. The van der Waals surface area contributed by atoms with E-state index in [1.54, 1.807) is 0 Å². The number of benzene rings is 1. The summed E-state index contributed by atoms with van der Waals surface area (Å²) in [5.41, 5.74) is 4.21. The van der Waals surface area contributed by atoms with Crippen LogP contribution in [0.4, 0.5) is 11.4 Å². The van der Waals surface area contributed by atoms with E-state index in [-0.39, 0.29) is 0 Å². The Bertz CT molecular complexity index is 410. The normalized spacial score (nSPS) is 21.8. The first-order valence-electron chi connectivity index (χ1n) is 7.36. The summed E-state index contributed by atoms with van der Waals surface area (Å²) in [5, 5.41) is 9.19. The Morgan fingerprint density at radius 1 is 1.00 bits per heavy atom. The number of anilines is 2. The lowest BCUT2D eigenvalue weighted by atomic mass is 10.1. The van der Waals surface area contributed by atoms with Crippen LogP contribution in [0.2, 0.25) is 0 Å². The second kappa shape index (κ2) is 5.80. The highest BCUT2D eigenvalue weighted by atomic mass is 16.5. The van der Waals surface area contributed by atoms with E-state index in [1.165, 1.54) is 25.7 Å². The van der Waals surface area contributed by atoms with Crippen LogP contribution in [-0.4, -0.2) is 42.3 Å². The standard InChI is InChI=1S/C15H23N3O/c19-16-14-7-3-4-8-15(14)18-11-9-17(10-12-18)13-5-1-2-6-13/h3-4,7-8,13,16,19H,1-2,5-6,9-12H2. The highest BCUT2D eigenvalue weighted by molar-refractivity contribution is 5.69. The summed E-state index contributed by atoms with van der Waals surface area (Å²) in [6, 6.07) is 8.78. The van der Waals surface area contributed by atoms with Crippen LogP contribution in [0.25, 0.3) is 0 Å². The Labute approximate surface area is 115 Å². The molecule has 1 heterocycles. The summed E-state index contributed by atoms with van der Waals surface area (Å²) in [6.07, 6.45) is 5.58. The van der Waals surface area contributed by atoms with Gasteiger partial charge >= 0.3 is 0 Å². The van der Waals surface area contributed by atoms with Crippen LogP contribution in [0.1, 0.15) is 25.7 Å². The van der Waals surface area contributed by atoms with Crippen molar-refractivity contribution in [1.29, 1.82) is 0 Å². The molecule has 1 aliphatic carbocycles. The maximum atomic E-state index is 9.19. The van der Waals surface area contributed by atoms with E-state index in [1.807, 2.05) is 18.2 Å². The molecule has 0 radical (unpaired) electrons. The zero-order valence-corrected chi connectivity index (χ0v) is 11.4. The molecule has 2 aliphatic rings. The molecule has 4 nitrogen and oxygen atoms in total. The van der Waals surface area contributed by atoms with Gasteiger partial charge in [-0.2, -0.15) is 0 Å². The number of hydrogen-bond acceptors (Lipinski definition) is 4. The van der Waals surface area contributed by atoms with Crippen LogP contribution in [-0.2, 0) is 0 Å². The van der Waals surface area contributed by atoms with E-state index in [0.29, 0.717) is 0 Å². The van der Waals surface area contributed by atoms with Crippen molar-refractivity contribution in [1.82, 2.24) is 4.90 Å². The predicted octanol–water partition coefficient (Wildman–Crippen LogP) is 2.55. The molecule has 0 unspecified atom stereocenters. The van der Waals surface area contributed by atoms with Crippen molar-refractivity contribution in [3.63, 3.8) is 0 Å². The molecule has 19 heavy (non-hydrogen) atoms. The van der Waals surface area contributed by atoms with Crippen molar-refractivity contribution in [2.24, 2.45) is 0 Å².